The predicted octanol–water partition coefficient (Wildman–Crippen LogP) is 3.66. The Hall–Kier alpha value is -1.76. The molecule has 2 rings (SSSR count). The Labute approximate surface area is 155 Å². The number of aliphatic imine (C=N–C) groups is 1. The molecule has 0 fully saturated rings. The molecule has 0 aliphatic rings. The van der Waals surface area contributed by atoms with Crippen molar-refractivity contribution in [3.8, 4) is 16.9 Å². The van der Waals surface area contributed by atoms with E-state index in [2.05, 4.69) is 35.4 Å². The van der Waals surface area contributed by atoms with Gasteiger partial charge in [-0.3, -0.25) is 4.99 Å². The second kappa shape index (κ2) is 10.9. The van der Waals surface area contributed by atoms with E-state index in [4.69, 9.17) is 10.5 Å². The quantitative estimate of drug-likeness (QED) is 0.308. The number of halogens is 1. The number of ether oxygens (including phenoxy) is 1. The number of hydrogen-bond donors (Lipinski definition) is 2. The van der Waals surface area contributed by atoms with Crippen molar-refractivity contribution < 1.29 is 4.74 Å². The van der Waals surface area contributed by atoms with Gasteiger partial charge in [-0.2, -0.15) is 0 Å². The number of rotatable bonds is 7. The summed E-state index contributed by atoms with van der Waals surface area (Å²) < 4.78 is 5.87. The Morgan fingerprint density at radius 3 is 2.52 bits per heavy atom. The molecular formula is C18H24IN3O. The Balaban J connectivity index is 0.00000264. The number of nitrogens with two attached hydrogens (primary N) is 1. The summed E-state index contributed by atoms with van der Waals surface area (Å²) in [6, 6.07) is 18.3. The van der Waals surface area contributed by atoms with Crippen molar-refractivity contribution in [1.29, 1.82) is 0 Å². The maximum atomic E-state index is 5.87. The summed E-state index contributed by atoms with van der Waals surface area (Å²) >= 11 is 0. The first kappa shape index (κ1) is 19.3. The molecule has 0 spiro atoms. The first-order chi connectivity index (χ1) is 10.8. The lowest BCUT2D eigenvalue weighted by molar-refractivity contribution is 0.323. The van der Waals surface area contributed by atoms with Crippen molar-refractivity contribution >= 4 is 29.9 Å². The number of para-hydroxylation sites is 1. The monoisotopic (exact) mass is 425 g/mol. The van der Waals surface area contributed by atoms with Crippen molar-refractivity contribution in [1.82, 2.24) is 5.32 Å². The Morgan fingerprint density at radius 1 is 1.09 bits per heavy atom. The molecule has 0 saturated carbocycles. The highest BCUT2D eigenvalue weighted by atomic mass is 127. The Morgan fingerprint density at radius 2 is 1.78 bits per heavy atom. The van der Waals surface area contributed by atoms with E-state index in [0.29, 0.717) is 19.1 Å². The molecule has 23 heavy (non-hydrogen) atoms. The minimum atomic E-state index is 0. The van der Waals surface area contributed by atoms with Crippen molar-refractivity contribution in [3.63, 3.8) is 0 Å². The fourth-order valence-electron chi connectivity index (χ4n) is 2.08. The van der Waals surface area contributed by atoms with Gasteiger partial charge in [-0.15, -0.1) is 24.0 Å². The predicted molar refractivity (Wildman–Crippen MR) is 108 cm³/mol. The van der Waals surface area contributed by atoms with Crippen LogP contribution < -0.4 is 15.8 Å². The average molecular weight is 425 g/mol. The molecular weight excluding hydrogens is 401 g/mol. The van der Waals surface area contributed by atoms with E-state index < -0.39 is 0 Å². The van der Waals surface area contributed by atoms with Crippen molar-refractivity contribution in [2.24, 2.45) is 10.7 Å². The van der Waals surface area contributed by atoms with Gasteiger partial charge in [0, 0.05) is 12.1 Å². The van der Waals surface area contributed by atoms with Crippen LogP contribution in [0, 0.1) is 0 Å². The molecule has 3 N–H and O–H groups in total. The van der Waals surface area contributed by atoms with E-state index in [1.807, 2.05) is 36.4 Å². The standard InChI is InChI=1S/C18H23N3O.HI/c1-2-12-20-18(19)21-13-14-22-17-11-7-6-10-16(17)15-8-4-3-5-9-15;/h3-11H,2,12-14H2,1H3,(H3,19,20,21);1H. The van der Waals surface area contributed by atoms with Gasteiger partial charge in [-0.1, -0.05) is 55.5 Å². The van der Waals surface area contributed by atoms with E-state index in [0.717, 1.165) is 29.8 Å². The zero-order chi connectivity index (χ0) is 15.6. The molecule has 124 valence electrons. The van der Waals surface area contributed by atoms with Gasteiger partial charge in [0.05, 0.1) is 6.54 Å². The molecule has 5 heteroatoms. The summed E-state index contributed by atoms with van der Waals surface area (Å²) in [4.78, 5) is 4.18. The molecule has 2 aromatic carbocycles. The molecule has 0 aromatic heterocycles. The second-order valence-corrected chi connectivity index (χ2v) is 4.90. The maximum Gasteiger partial charge on any atom is 0.188 e. The van der Waals surface area contributed by atoms with Gasteiger partial charge >= 0.3 is 0 Å². The van der Waals surface area contributed by atoms with Gasteiger partial charge in [0.1, 0.15) is 12.4 Å². The van der Waals surface area contributed by atoms with Crippen LogP contribution in [0.1, 0.15) is 13.3 Å². The lowest BCUT2D eigenvalue weighted by atomic mass is 10.1. The zero-order valence-electron chi connectivity index (χ0n) is 13.4. The molecule has 4 nitrogen and oxygen atoms in total. The molecule has 0 amide bonds. The van der Waals surface area contributed by atoms with Gasteiger partial charge in [-0.25, -0.2) is 0 Å². The largest absolute Gasteiger partial charge is 0.491 e. The highest BCUT2D eigenvalue weighted by molar-refractivity contribution is 14.0. The van der Waals surface area contributed by atoms with E-state index in [9.17, 15) is 0 Å². The van der Waals surface area contributed by atoms with Crippen LogP contribution >= 0.6 is 24.0 Å². The van der Waals surface area contributed by atoms with Gasteiger partial charge < -0.3 is 15.8 Å². The number of hydrogen-bond acceptors (Lipinski definition) is 2. The molecule has 0 radical (unpaired) electrons. The number of guanidine groups is 1. The van der Waals surface area contributed by atoms with E-state index in [-0.39, 0.29) is 24.0 Å². The number of nitrogens with one attached hydrogen (secondary N) is 1. The molecule has 0 unspecified atom stereocenters. The summed E-state index contributed by atoms with van der Waals surface area (Å²) in [5, 5.41) is 3.05. The van der Waals surface area contributed by atoms with Crippen molar-refractivity contribution in [2.45, 2.75) is 13.3 Å². The van der Waals surface area contributed by atoms with Crippen LogP contribution in [-0.4, -0.2) is 25.7 Å². The third-order valence-electron chi connectivity index (χ3n) is 3.14. The fourth-order valence-corrected chi connectivity index (χ4v) is 2.08. The average Bonchev–Trinajstić information content (AvgIpc) is 2.58. The summed E-state index contributed by atoms with van der Waals surface area (Å²) in [5.74, 6) is 1.35. The molecule has 0 atom stereocenters. The highest BCUT2D eigenvalue weighted by Gasteiger charge is 2.04. The SMILES string of the molecule is CCCN=C(N)NCCOc1ccccc1-c1ccccc1.I. The van der Waals surface area contributed by atoms with Crippen molar-refractivity contribution in [2.75, 3.05) is 19.7 Å². The lowest BCUT2D eigenvalue weighted by Crippen LogP contribution is -2.34. The van der Waals surface area contributed by atoms with Crippen LogP contribution in [0.4, 0.5) is 0 Å². The smallest absolute Gasteiger partial charge is 0.188 e. The number of benzene rings is 2. The summed E-state index contributed by atoms with van der Waals surface area (Å²) in [5.41, 5.74) is 7.99. The minimum Gasteiger partial charge on any atom is -0.491 e. The molecule has 2 aromatic rings. The summed E-state index contributed by atoms with van der Waals surface area (Å²) in [6.45, 7) is 3.98. The maximum absolute atomic E-state index is 5.87. The molecule has 0 aliphatic heterocycles. The fraction of sp³-hybridized carbons (Fsp3) is 0.278. The second-order valence-electron chi connectivity index (χ2n) is 4.90. The lowest BCUT2D eigenvalue weighted by Gasteiger charge is -2.12. The van der Waals surface area contributed by atoms with Crippen LogP contribution in [-0.2, 0) is 0 Å². The minimum absolute atomic E-state index is 0. The molecule has 0 saturated heterocycles. The topological polar surface area (TPSA) is 59.6 Å². The van der Waals surface area contributed by atoms with Crippen LogP contribution in [0.25, 0.3) is 11.1 Å². The Kier molecular flexibility index (Phi) is 9.12. The summed E-state index contributed by atoms with van der Waals surface area (Å²) in [6.07, 6.45) is 0.989. The van der Waals surface area contributed by atoms with E-state index >= 15 is 0 Å². The van der Waals surface area contributed by atoms with Crippen molar-refractivity contribution in [3.05, 3.63) is 54.6 Å². The summed E-state index contributed by atoms with van der Waals surface area (Å²) in [7, 11) is 0. The third-order valence-corrected chi connectivity index (χ3v) is 3.14. The molecule has 0 aliphatic carbocycles. The van der Waals surface area contributed by atoms with Gasteiger partial charge in [-0.05, 0) is 18.1 Å². The highest BCUT2D eigenvalue weighted by Crippen LogP contribution is 2.29. The third kappa shape index (κ3) is 6.48. The van der Waals surface area contributed by atoms with Gasteiger partial charge in [0.2, 0.25) is 0 Å². The van der Waals surface area contributed by atoms with Crippen LogP contribution in [0.5, 0.6) is 5.75 Å². The number of nitrogens with zero attached hydrogens (tertiary/aromatic N) is 1. The Bertz CT molecular complexity index is 602. The van der Waals surface area contributed by atoms with Crippen LogP contribution in [0.3, 0.4) is 0 Å². The van der Waals surface area contributed by atoms with Gasteiger partial charge in [0.25, 0.3) is 0 Å². The van der Waals surface area contributed by atoms with E-state index in [1.54, 1.807) is 0 Å². The van der Waals surface area contributed by atoms with Crippen LogP contribution in [0.2, 0.25) is 0 Å². The van der Waals surface area contributed by atoms with Gasteiger partial charge in [0.15, 0.2) is 5.96 Å². The zero-order valence-corrected chi connectivity index (χ0v) is 15.7. The van der Waals surface area contributed by atoms with E-state index in [1.165, 1.54) is 0 Å². The molecule has 0 heterocycles. The first-order valence-corrected chi connectivity index (χ1v) is 7.62. The van der Waals surface area contributed by atoms with Crippen LogP contribution in [0.15, 0.2) is 59.6 Å². The molecule has 0 bridgehead atoms. The first-order valence-electron chi connectivity index (χ1n) is 7.62. The normalized spacial score (nSPS) is 10.7.